The number of aromatic nitrogens is 1. The van der Waals surface area contributed by atoms with E-state index in [4.69, 9.17) is 21.1 Å². The Morgan fingerprint density at radius 3 is 2.96 bits per heavy atom. The van der Waals surface area contributed by atoms with Crippen molar-refractivity contribution in [3.8, 4) is 11.5 Å². The van der Waals surface area contributed by atoms with Crippen LogP contribution >= 0.6 is 23.4 Å². The molecule has 0 aliphatic carbocycles. The fraction of sp³-hybridized carbons (Fsp3) is 0.250. The molecule has 5 nitrogen and oxygen atoms in total. The SMILES string of the molecule is O=C(CSc1ncccc1Cl)NCC1COc2ccccc2O1. The predicted octanol–water partition coefficient (Wildman–Crippen LogP) is 2.78. The maximum Gasteiger partial charge on any atom is 0.230 e. The van der Waals surface area contributed by atoms with Gasteiger partial charge in [-0.2, -0.15) is 0 Å². The van der Waals surface area contributed by atoms with Crippen LogP contribution in [-0.4, -0.2) is 35.9 Å². The van der Waals surface area contributed by atoms with E-state index >= 15 is 0 Å². The van der Waals surface area contributed by atoms with Gasteiger partial charge in [0.15, 0.2) is 11.5 Å². The predicted molar refractivity (Wildman–Crippen MR) is 89.3 cm³/mol. The number of halogens is 1. The number of carbonyl (C=O) groups excluding carboxylic acids is 1. The van der Waals surface area contributed by atoms with E-state index in [0.717, 1.165) is 5.75 Å². The van der Waals surface area contributed by atoms with E-state index in [9.17, 15) is 4.79 Å². The number of hydrogen-bond acceptors (Lipinski definition) is 5. The lowest BCUT2D eigenvalue weighted by atomic mass is 10.2. The second kappa shape index (κ2) is 7.57. The molecule has 1 aliphatic rings. The number of pyridine rings is 1. The number of benzene rings is 1. The van der Waals surface area contributed by atoms with Crippen molar-refractivity contribution in [3.05, 3.63) is 47.6 Å². The molecule has 0 spiro atoms. The first-order valence-corrected chi connectivity index (χ1v) is 8.47. The number of rotatable bonds is 5. The van der Waals surface area contributed by atoms with E-state index in [1.807, 2.05) is 24.3 Å². The van der Waals surface area contributed by atoms with Gasteiger partial charge in [0.1, 0.15) is 17.7 Å². The molecular weight excluding hydrogens is 336 g/mol. The van der Waals surface area contributed by atoms with Crippen LogP contribution in [0.3, 0.4) is 0 Å². The van der Waals surface area contributed by atoms with Crippen LogP contribution in [0.4, 0.5) is 0 Å². The number of hydrogen-bond donors (Lipinski definition) is 1. The van der Waals surface area contributed by atoms with Gasteiger partial charge in [-0.3, -0.25) is 4.79 Å². The van der Waals surface area contributed by atoms with Crippen LogP contribution in [0.1, 0.15) is 0 Å². The lowest BCUT2D eigenvalue weighted by molar-refractivity contribution is -0.119. The molecule has 1 unspecified atom stereocenters. The third-order valence-corrected chi connectivity index (χ3v) is 4.58. The van der Waals surface area contributed by atoms with Gasteiger partial charge < -0.3 is 14.8 Å². The van der Waals surface area contributed by atoms with Crippen molar-refractivity contribution in [2.75, 3.05) is 18.9 Å². The molecule has 23 heavy (non-hydrogen) atoms. The summed E-state index contributed by atoms with van der Waals surface area (Å²) in [5, 5.41) is 4.03. The average Bonchev–Trinajstić information content (AvgIpc) is 2.59. The minimum atomic E-state index is -0.197. The van der Waals surface area contributed by atoms with Gasteiger partial charge in [-0.1, -0.05) is 35.5 Å². The number of ether oxygens (including phenoxy) is 2. The fourth-order valence-electron chi connectivity index (χ4n) is 2.05. The summed E-state index contributed by atoms with van der Waals surface area (Å²) < 4.78 is 11.4. The molecule has 0 fully saturated rings. The Morgan fingerprint density at radius 2 is 2.13 bits per heavy atom. The number of nitrogens with zero attached hydrogens (tertiary/aromatic N) is 1. The molecule has 1 aliphatic heterocycles. The first-order chi connectivity index (χ1) is 11.2. The van der Waals surface area contributed by atoms with Crippen LogP contribution in [0.5, 0.6) is 11.5 Å². The molecular formula is C16H15ClN2O3S. The Morgan fingerprint density at radius 1 is 1.30 bits per heavy atom. The quantitative estimate of drug-likeness (QED) is 0.840. The highest BCUT2D eigenvalue weighted by atomic mass is 35.5. The van der Waals surface area contributed by atoms with Crippen molar-refractivity contribution in [3.63, 3.8) is 0 Å². The Kier molecular flexibility index (Phi) is 5.25. The van der Waals surface area contributed by atoms with Crippen molar-refractivity contribution in [2.24, 2.45) is 0 Å². The summed E-state index contributed by atoms with van der Waals surface area (Å²) in [7, 11) is 0. The first-order valence-electron chi connectivity index (χ1n) is 7.11. The molecule has 1 atom stereocenters. The Labute approximate surface area is 143 Å². The normalized spacial score (nSPS) is 16.0. The van der Waals surface area contributed by atoms with Crippen LogP contribution in [0.2, 0.25) is 5.02 Å². The molecule has 0 radical (unpaired) electrons. The number of amides is 1. The summed E-state index contributed by atoms with van der Waals surface area (Å²) in [4.78, 5) is 16.0. The minimum absolute atomic E-state index is 0.0980. The van der Waals surface area contributed by atoms with E-state index in [1.54, 1.807) is 18.3 Å². The molecule has 1 aromatic heterocycles. The standard InChI is InChI=1S/C16H15ClN2O3S/c17-12-4-3-7-18-16(12)23-10-15(20)19-8-11-9-21-13-5-1-2-6-14(13)22-11/h1-7,11H,8-10H2,(H,19,20). The highest BCUT2D eigenvalue weighted by Gasteiger charge is 2.21. The van der Waals surface area contributed by atoms with Crippen molar-refractivity contribution < 1.29 is 14.3 Å². The van der Waals surface area contributed by atoms with Crippen LogP contribution in [-0.2, 0) is 4.79 Å². The minimum Gasteiger partial charge on any atom is -0.486 e. The highest BCUT2D eigenvalue weighted by molar-refractivity contribution is 8.00. The van der Waals surface area contributed by atoms with Crippen molar-refractivity contribution in [2.45, 2.75) is 11.1 Å². The Balaban J connectivity index is 1.44. The van der Waals surface area contributed by atoms with Crippen molar-refractivity contribution in [1.29, 1.82) is 0 Å². The maximum absolute atomic E-state index is 11.9. The zero-order valence-electron chi connectivity index (χ0n) is 12.2. The van der Waals surface area contributed by atoms with Gasteiger partial charge in [0.05, 0.1) is 17.3 Å². The molecule has 1 aromatic carbocycles. The fourth-order valence-corrected chi connectivity index (χ4v) is 3.05. The van der Waals surface area contributed by atoms with E-state index in [2.05, 4.69) is 10.3 Å². The largest absolute Gasteiger partial charge is 0.486 e. The lowest BCUT2D eigenvalue weighted by Gasteiger charge is -2.26. The third kappa shape index (κ3) is 4.30. The molecule has 0 bridgehead atoms. The second-order valence-corrected chi connectivity index (χ2v) is 6.25. The van der Waals surface area contributed by atoms with Gasteiger partial charge in [0, 0.05) is 6.20 Å². The van der Waals surface area contributed by atoms with E-state index in [1.165, 1.54) is 11.8 Å². The molecule has 1 N–H and O–H groups in total. The maximum atomic E-state index is 11.9. The number of para-hydroxylation sites is 2. The van der Waals surface area contributed by atoms with E-state index in [0.29, 0.717) is 28.9 Å². The summed E-state index contributed by atoms with van der Waals surface area (Å²) in [6.45, 7) is 0.806. The van der Waals surface area contributed by atoms with Crippen LogP contribution in [0, 0.1) is 0 Å². The summed E-state index contributed by atoms with van der Waals surface area (Å²) >= 11 is 7.31. The number of thioether (sulfide) groups is 1. The molecule has 1 amide bonds. The van der Waals surface area contributed by atoms with Crippen molar-refractivity contribution >= 4 is 29.3 Å². The zero-order valence-corrected chi connectivity index (χ0v) is 13.8. The van der Waals surface area contributed by atoms with Gasteiger partial charge in [-0.05, 0) is 24.3 Å². The van der Waals surface area contributed by atoms with Crippen molar-refractivity contribution in [1.82, 2.24) is 10.3 Å². The van der Waals surface area contributed by atoms with Gasteiger partial charge >= 0.3 is 0 Å². The first kappa shape index (κ1) is 16.0. The van der Waals surface area contributed by atoms with Gasteiger partial charge in [0.25, 0.3) is 0 Å². The summed E-state index contributed by atoms with van der Waals surface area (Å²) in [6, 6.07) is 11.0. The van der Waals surface area contributed by atoms with Gasteiger partial charge in [-0.15, -0.1) is 0 Å². The number of carbonyl (C=O) groups is 1. The van der Waals surface area contributed by atoms with E-state index < -0.39 is 0 Å². The zero-order chi connectivity index (χ0) is 16.1. The summed E-state index contributed by atoms with van der Waals surface area (Å²) in [5.41, 5.74) is 0. The Bertz CT molecular complexity index is 699. The Hall–Kier alpha value is -1.92. The molecule has 2 heterocycles. The third-order valence-electron chi connectivity index (χ3n) is 3.16. The molecule has 120 valence electrons. The van der Waals surface area contributed by atoms with Crippen LogP contribution < -0.4 is 14.8 Å². The smallest absolute Gasteiger partial charge is 0.230 e. The second-order valence-electron chi connectivity index (χ2n) is 4.88. The number of nitrogens with one attached hydrogen (secondary N) is 1. The highest BCUT2D eigenvalue weighted by Crippen LogP contribution is 2.30. The summed E-state index contributed by atoms with van der Waals surface area (Å²) in [6.07, 6.45) is 1.45. The van der Waals surface area contributed by atoms with Crippen LogP contribution in [0.25, 0.3) is 0 Å². The molecule has 3 rings (SSSR count). The average molecular weight is 351 g/mol. The molecule has 7 heteroatoms. The topological polar surface area (TPSA) is 60.5 Å². The molecule has 2 aromatic rings. The molecule has 0 saturated heterocycles. The van der Waals surface area contributed by atoms with Gasteiger partial charge in [-0.25, -0.2) is 4.98 Å². The lowest BCUT2D eigenvalue weighted by Crippen LogP contribution is -2.41. The van der Waals surface area contributed by atoms with E-state index in [-0.39, 0.29) is 17.8 Å². The summed E-state index contributed by atoms with van der Waals surface area (Å²) in [5.74, 6) is 1.59. The number of fused-ring (bicyclic) bond motifs is 1. The van der Waals surface area contributed by atoms with Gasteiger partial charge in [0.2, 0.25) is 5.91 Å². The monoisotopic (exact) mass is 350 g/mol. The van der Waals surface area contributed by atoms with Crippen LogP contribution in [0.15, 0.2) is 47.6 Å². The molecule has 0 saturated carbocycles.